The summed E-state index contributed by atoms with van der Waals surface area (Å²) in [5.41, 5.74) is 0. The average Bonchev–Trinajstić information content (AvgIpc) is 3.12. The summed E-state index contributed by atoms with van der Waals surface area (Å²) in [4.78, 5) is 25.6. The fraction of sp³-hybridized carbons (Fsp3) is 0.833. The van der Waals surface area contributed by atoms with E-state index in [1.54, 1.807) is 4.90 Å². The molecule has 2 fully saturated rings. The summed E-state index contributed by atoms with van der Waals surface area (Å²) in [6, 6.07) is 0. The SMILES string of the molecule is CC[C@@H]1[C@@H](C(=O)OC)[C@@H]1C(=O)N1CCOCC1. The molecule has 0 unspecified atom stereocenters. The molecule has 1 saturated carbocycles. The number of carbonyl (C=O) groups excluding carboxylic acids is 2. The van der Waals surface area contributed by atoms with E-state index in [0.29, 0.717) is 26.3 Å². The molecule has 0 spiro atoms. The van der Waals surface area contributed by atoms with Crippen LogP contribution in [-0.4, -0.2) is 50.2 Å². The summed E-state index contributed by atoms with van der Waals surface area (Å²) >= 11 is 0. The van der Waals surface area contributed by atoms with Crippen molar-refractivity contribution in [1.82, 2.24) is 4.90 Å². The van der Waals surface area contributed by atoms with E-state index in [9.17, 15) is 9.59 Å². The third kappa shape index (κ3) is 2.29. The number of ether oxygens (including phenoxy) is 2. The molecule has 1 aliphatic carbocycles. The van der Waals surface area contributed by atoms with Gasteiger partial charge in [-0.1, -0.05) is 13.3 Å². The molecule has 17 heavy (non-hydrogen) atoms. The zero-order valence-electron chi connectivity index (χ0n) is 10.3. The molecule has 1 saturated heterocycles. The molecule has 1 aliphatic heterocycles. The smallest absolute Gasteiger partial charge is 0.309 e. The Morgan fingerprint density at radius 2 is 1.94 bits per heavy atom. The van der Waals surface area contributed by atoms with Gasteiger partial charge in [0.2, 0.25) is 5.91 Å². The Kier molecular flexibility index (Phi) is 3.66. The maximum absolute atomic E-state index is 12.2. The van der Waals surface area contributed by atoms with Crippen LogP contribution < -0.4 is 0 Å². The van der Waals surface area contributed by atoms with Gasteiger partial charge in [0.05, 0.1) is 32.2 Å². The lowest BCUT2D eigenvalue weighted by Gasteiger charge is -2.27. The fourth-order valence-electron chi connectivity index (χ4n) is 2.67. The molecule has 2 rings (SSSR count). The van der Waals surface area contributed by atoms with Crippen LogP contribution in [0.15, 0.2) is 0 Å². The van der Waals surface area contributed by atoms with Gasteiger partial charge in [-0.3, -0.25) is 9.59 Å². The normalized spacial score (nSPS) is 32.1. The number of methoxy groups -OCH3 is 1. The van der Waals surface area contributed by atoms with Crippen LogP contribution in [0.2, 0.25) is 0 Å². The first-order valence-electron chi connectivity index (χ1n) is 6.15. The number of hydrogen-bond acceptors (Lipinski definition) is 4. The summed E-state index contributed by atoms with van der Waals surface area (Å²) in [5, 5.41) is 0. The van der Waals surface area contributed by atoms with Crippen molar-refractivity contribution < 1.29 is 19.1 Å². The first-order chi connectivity index (χ1) is 8.20. The lowest BCUT2D eigenvalue weighted by molar-refractivity contribution is -0.145. The van der Waals surface area contributed by atoms with E-state index in [2.05, 4.69) is 0 Å². The van der Waals surface area contributed by atoms with Crippen LogP contribution >= 0.6 is 0 Å². The molecule has 0 bridgehead atoms. The lowest BCUT2D eigenvalue weighted by atomic mass is 10.2. The van der Waals surface area contributed by atoms with Crippen molar-refractivity contribution in [3.05, 3.63) is 0 Å². The summed E-state index contributed by atoms with van der Waals surface area (Å²) in [5.74, 6) is -0.373. The molecule has 1 amide bonds. The summed E-state index contributed by atoms with van der Waals surface area (Å²) < 4.78 is 9.95. The predicted octanol–water partition coefficient (Wildman–Crippen LogP) is 0.290. The standard InChI is InChI=1S/C12H19NO4/c1-3-8-9(10(8)12(15)16-2)11(14)13-4-6-17-7-5-13/h8-10H,3-7H2,1-2H3/t8-,9+,10+/m0/s1. The van der Waals surface area contributed by atoms with Crippen molar-refractivity contribution in [1.29, 1.82) is 0 Å². The zero-order valence-corrected chi connectivity index (χ0v) is 10.3. The van der Waals surface area contributed by atoms with Crippen LogP contribution in [0.3, 0.4) is 0 Å². The highest BCUT2D eigenvalue weighted by Crippen LogP contribution is 2.50. The third-order valence-corrected chi connectivity index (χ3v) is 3.72. The minimum absolute atomic E-state index is 0.0931. The van der Waals surface area contributed by atoms with Gasteiger partial charge in [0.15, 0.2) is 0 Å². The van der Waals surface area contributed by atoms with E-state index in [0.717, 1.165) is 6.42 Å². The Morgan fingerprint density at radius 3 is 2.47 bits per heavy atom. The second-order valence-corrected chi connectivity index (χ2v) is 4.58. The van der Waals surface area contributed by atoms with E-state index >= 15 is 0 Å². The Labute approximate surface area is 101 Å². The minimum Gasteiger partial charge on any atom is -0.469 e. The van der Waals surface area contributed by atoms with Crippen molar-refractivity contribution in [2.24, 2.45) is 17.8 Å². The van der Waals surface area contributed by atoms with Crippen molar-refractivity contribution in [3.63, 3.8) is 0 Å². The number of rotatable bonds is 3. The monoisotopic (exact) mass is 241 g/mol. The molecule has 0 aromatic carbocycles. The molecule has 0 aromatic heterocycles. The van der Waals surface area contributed by atoms with Gasteiger partial charge in [-0.25, -0.2) is 0 Å². The number of nitrogens with zero attached hydrogens (tertiary/aromatic N) is 1. The molecule has 3 atom stereocenters. The van der Waals surface area contributed by atoms with Gasteiger partial charge in [0, 0.05) is 13.1 Å². The lowest BCUT2D eigenvalue weighted by Crippen LogP contribution is -2.42. The molecule has 5 nitrogen and oxygen atoms in total. The molecule has 0 radical (unpaired) electrons. The van der Waals surface area contributed by atoms with Gasteiger partial charge >= 0.3 is 5.97 Å². The van der Waals surface area contributed by atoms with Gasteiger partial charge < -0.3 is 14.4 Å². The molecule has 2 aliphatic rings. The summed E-state index contributed by atoms with van der Waals surface area (Å²) in [6.07, 6.45) is 0.848. The third-order valence-electron chi connectivity index (χ3n) is 3.72. The Hall–Kier alpha value is -1.10. The van der Waals surface area contributed by atoms with Gasteiger partial charge in [0.1, 0.15) is 0 Å². The maximum Gasteiger partial charge on any atom is 0.309 e. The average molecular weight is 241 g/mol. The van der Waals surface area contributed by atoms with E-state index in [-0.39, 0.29) is 29.6 Å². The molecule has 0 aromatic rings. The largest absolute Gasteiger partial charge is 0.469 e. The van der Waals surface area contributed by atoms with Crippen molar-refractivity contribution in [2.75, 3.05) is 33.4 Å². The Balaban J connectivity index is 1.97. The van der Waals surface area contributed by atoms with Crippen molar-refractivity contribution in [3.8, 4) is 0 Å². The number of hydrogen-bond donors (Lipinski definition) is 0. The topological polar surface area (TPSA) is 55.8 Å². The highest BCUT2D eigenvalue weighted by molar-refractivity contribution is 5.91. The van der Waals surface area contributed by atoms with Crippen LogP contribution in [0.4, 0.5) is 0 Å². The van der Waals surface area contributed by atoms with Crippen molar-refractivity contribution >= 4 is 11.9 Å². The van der Waals surface area contributed by atoms with Crippen molar-refractivity contribution in [2.45, 2.75) is 13.3 Å². The Bertz CT molecular complexity index is 312. The maximum atomic E-state index is 12.2. The predicted molar refractivity (Wildman–Crippen MR) is 60.2 cm³/mol. The Morgan fingerprint density at radius 1 is 1.29 bits per heavy atom. The van der Waals surface area contributed by atoms with Gasteiger partial charge in [-0.05, 0) is 5.92 Å². The van der Waals surface area contributed by atoms with Crippen LogP contribution in [0.5, 0.6) is 0 Å². The van der Waals surface area contributed by atoms with E-state index in [1.165, 1.54) is 7.11 Å². The second-order valence-electron chi connectivity index (χ2n) is 4.58. The number of morpholine rings is 1. The minimum atomic E-state index is -0.247. The van der Waals surface area contributed by atoms with Crippen LogP contribution in [-0.2, 0) is 19.1 Å². The number of amides is 1. The molecule has 96 valence electrons. The van der Waals surface area contributed by atoms with E-state index in [4.69, 9.17) is 9.47 Å². The van der Waals surface area contributed by atoms with Gasteiger partial charge in [-0.2, -0.15) is 0 Å². The number of esters is 1. The molecular weight excluding hydrogens is 222 g/mol. The van der Waals surface area contributed by atoms with Crippen LogP contribution in [0.25, 0.3) is 0 Å². The van der Waals surface area contributed by atoms with Gasteiger partial charge in [0.25, 0.3) is 0 Å². The van der Waals surface area contributed by atoms with E-state index < -0.39 is 0 Å². The first kappa shape index (κ1) is 12.4. The second kappa shape index (κ2) is 5.04. The van der Waals surface area contributed by atoms with Crippen LogP contribution in [0.1, 0.15) is 13.3 Å². The fourth-order valence-corrected chi connectivity index (χ4v) is 2.67. The van der Waals surface area contributed by atoms with E-state index in [1.807, 2.05) is 6.92 Å². The molecule has 5 heteroatoms. The van der Waals surface area contributed by atoms with Crippen LogP contribution in [0, 0.1) is 17.8 Å². The molecule has 0 N–H and O–H groups in total. The highest BCUT2D eigenvalue weighted by atomic mass is 16.5. The zero-order chi connectivity index (χ0) is 12.4. The molecular formula is C12H19NO4. The number of carbonyl (C=O) groups is 2. The highest BCUT2D eigenvalue weighted by Gasteiger charge is 2.59. The summed E-state index contributed by atoms with van der Waals surface area (Å²) in [7, 11) is 1.38. The molecule has 1 heterocycles. The first-order valence-corrected chi connectivity index (χ1v) is 6.15. The quantitative estimate of drug-likeness (QED) is 0.666. The summed E-state index contributed by atoms with van der Waals surface area (Å²) in [6.45, 7) is 4.48. The van der Waals surface area contributed by atoms with Gasteiger partial charge in [-0.15, -0.1) is 0 Å².